The van der Waals surface area contributed by atoms with Gasteiger partial charge in [-0.15, -0.1) is 5.10 Å². The zero-order valence-corrected chi connectivity index (χ0v) is 18.2. The fourth-order valence-electron chi connectivity index (χ4n) is 3.79. The number of hydrogen-bond donors (Lipinski definition) is 0. The number of para-hydroxylation sites is 1. The van der Waals surface area contributed by atoms with Crippen LogP contribution in [0.2, 0.25) is 0 Å². The predicted molar refractivity (Wildman–Crippen MR) is 122 cm³/mol. The van der Waals surface area contributed by atoms with Crippen LogP contribution in [0.15, 0.2) is 60.9 Å². The summed E-state index contributed by atoms with van der Waals surface area (Å²) >= 11 is 0. The number of hydrogen-bond acceptors (Lipinski definition) is 8. The third kappa shape index (κ3) is 4.27. The van der Waals surface area contributed by atoms with Crippen LogP contribution in [0.1, 0.15) is 0 Å². The number of nitrogens with zero attached hydrogens (tertiary/aromatic N) is 7. The van der Waals surface area contributed by atoms with E-state index in [1.165, 1.54) is 6.33 Å². The first-order valence-corrected chi connectivity index (χ1v) is 10.6. The Hall–Kier alpha value is -4.21. The van der Waals surface area contributed by atoms with Crippen molar-refractivity contribution in [3.05, 3.63) is 60.9 Å². The molecule has 10 nitrogen and oxygen atoms in total. The normalized spacial score (nSPS) is 13.8. The average Bonchev–Trinajstić information content (AvgIpc) is 3.32. The molecule has 0 atom stereocenters. The Morgan fingerprint density at radius 2 is 1.67 bits per heavy atom. The molecule has 3 heterocycles. The van der Waals surface area contributed by atoms with Gasteiger partial charge in [0.15, 0.2) is 23.6 Å². The number of ether oxygens (including phenoxy) is 2. The number of piperazine rings is 1. The van der Waals surface area contributed by atoms with Gasteiger partial charge in [0.05, 0.1) is 12.8 Å². The zero-order valence-electron chi connectivity index (χ0n) is 18.2. The van der Waals surface area contributed by atoms with E-state index in [2.05, 4.69) is 25.2 Å². The molecule has 0 aliphatic carbocycles. The predicted octanol–water partition coefficient (Wildman–Crippen LogP) is 1.95. The summed E-state index contributed by atoms with van der Waals surface area (Å²) < 4.78 is 12.5. The molecule has 10 heteroatoms. The standard InChI is InChI=1S/C23H23N7O3/c1-32-18-7-9-19(10-8-18)33-15-20(31)28-11-13-29(14-12-28)22-21-23(25-16-24-22)30(27-26-21)17-5-3-2-4-6-17/h2-10,16H,11-15H2,1H3. The third-order valence-electron chi connectivity index (χ3n) is 5.57. The van der Waals surface area contributed by atoms with E-state index < -0.39 is 0 Å². The van der Waals surface area contributed by atoms with Gasteiger partial charge in [-0.1, -0.05) is 23.4 Å². The van der Waals surface area contributed by atoms with Crippen molar-refractivity contribution in [2.45, 2.75) is 0 Å². The van der Waals surface area contributed by atoms with Crippen LogP contribution in [0.4, 0.5) is 5.82 Å². The summed E-state index contributed by atoms with van der Waals surface area (Å²) in [6.07, 6.45) is 1.53. The summed E-state index contributed by atoms with van der Waals surface area (Å²) in [5.41, 5.74) is 2.18. The monoisotopic (exact) mass is 445 g/mol. The van der Waals surface area contributed by atoms with Crippen molar-refractivity contribution in [3.8, 4) is 17.2 Å². The highest BCUT2D eigenvalue weighted by atomic mass is 16.5. The second-order valence-corrected chi connectivity index (χ2v) is 7.54. The number of aromatic nitrogens is 5. The lowest BCUT2D eigenvalue weighted by Gasteiger charge is -2.35. The van der Waals surface area contributed by atoms with Crippen molar-refractivity contribution in [1.29, 1.82) is 0 Å². The van der Waals surface area contributed by atoms with Crippen molar-refractivity contribution in [1.82, 2.24) is 29.9 Å². The Kier molecular flexibility index (Phi) is 5.71. The fraction of sp³-hybridized carbons (Fsp3) is 0.261. The highest BCUT2D eigenvalue weighted by molar-refractivity contribution is 5.84. The van der Waals surface area contributed by atoms with Gasteiger partial charge in [0.25, 0.3) is 5.91 Å². The molecule has 0 radical (unpaired) electrons. The quantitative estimate of drug-likeness (QED) is 0.444. The van der Waals surface area contributed by atoms with Gasteiger partial charge in [-0.2, -0.15) is 4.68 Å². The fourth-order valence-corrected chi connectivity index (χ4v) is 3.79. The molecule has 2 aromatic heterocycles. The Morgan fingerprint density at radius 3 is 2.39 bits per heavy atom. The molecule has 0 saturated carbocycles. The van der Waals surface area contributed by atoms with Gasteiger partial charge >= 0.3 is 0 Å². The second-order valence-electron chi connectivity index (χ2n) is 7.54. The summed E-state index contributed by atoms with van der Waals surface area (Å²) in [7, 11) is 1.61. The Labute approximate surface area is 190 Å². The Balaban J connectivity index is 1.23. The van der Waals surface area contributed by atoms with Gasteiger partial charge in [-0.3, -0.25) is 4.79 Å². The maximum absolute atomic E-state index is 12.6. The molecular formula is C23H23N7O3. The molecule has 1 amide bonds. The van der Waals surface area contributed by atoms with Gasteiger partial charge in [0.2, 0.25) is 0 Å². The van der Waals surface area contributed by atoms with Crippen molar-refractivity contribution in [2.24, 2.45) is 0 Å². The van der Waals surface area contributed by atoms with E-state index in [4.69, 9.17) is 9.47 Å². The van der Waals surface area contributed by atoms with E-state index in [1.807, 2.05) is 30.3 Å². The lowest BCUT2D eigenvalue weighted by atomic mass is 10.3. The van der Waals surface area contributed by atoms with Crippen LogP contribution in [0.5, 0.6) is 11.5 Å². The molecule has 168 valence electrons. The molecule has 5 rings (SSSR count). The number of carbonyl (C=O) groups is 1. The number of benzene rings is 2. The summed E-state index contributed by atoms with van der Waals surface area (Å²) in [6.45, 7) is 2.42. The van der Waals surface area contributed by atoms with E-state index >= 15 is 0 Å². The maximum Gasteiger partial charge on any atom is 0.260 e. The van der Waals surface area contributed by atoms with Crippen LogP contribution in [-0.2, 0) is 4.79 Å². The highest BCUT2D eigenvalue weighted by Gasteiger charge is 2.25. The average molecular weight is 445 g/mol. The number of fused-ring (bicyclic) bond motifs is 1. The van der Waals surface area contributed by atoms with E-state index in [1.54, 1.807) is 41.0 Å². The zero-order chi connectivity index (χ0) is 22.6. The summed E-state index contributed by atoms with van der Waals surface area (Å²) in [4.78, 5) is 25.4. The lowest BCUT2D eigenvalue weighted by Crippen LogP contribution is -2.50. The lowest BCUT2D eigenvalue weighted by molar-refractivity contribution is -0.133. The molecule has 1 aliphatic rings. The Morgan fingerprint density at radius 1 is 0.939 bits per heavy atom. The van der Waals surface area contributed by atoms with E-state index in [0.717, 1.165) is 17.3 Å². The summed E-state index contributed by atoms with van der Waals surface area (Å²) in [6, 6.07) is 16.9. The smallest absolute Gasteiger partial charge is 0.260 e. The van der Waals surface area contributed by atoms with Crippen LogP contribution >= 0.6 is 0 Å². The molecular weight excluding hydrogens is 422 g/mol. The van der Waals surface area contributed by atoms with E-state index in [-0.39, 0.29) is 12.5 Å². The first kappa shape index (κ1) is 20.7. The second kappa shape index (κ2) is 9.11. The van der Waals surface area contributed by atoms with Gasteiger partial charge in [0.1, 0.15) is 17.8 Å². The maximum atomic E-state index is 12.6. The molecule has 33 heavy (non-hydrogen) atoms. The molecule has 4 aromatic rings. The summed E-state index contributed by atoms with van der Waals surface area (Å²) in [5.74, 6) is 2.05. The number of anilines is 1. The molecule has 2 aromatic carbocycles. The minimum atomic E-state index is -0.0478. The molecule has 0 unspecified atom stereocenters. The van der Waals surface area contributed by atoms with Crippen LogP contribution in [0.25, 0.3) is 16.9 Å². The largest absolute Gasteiger partial charge is 0.497 e. The minimum absolute atomic E-state index is 0.00448. The van der Waals surface area contributed by atoms with Crippen molar-refractivity contribution < 1.29 is 14.3 Å². The third-order valence-corrected chi connectivity index (χ3v) is 5.57. The molecule has 1 saturated heterocycles. The van der Waals surface area contributed by atoms with Crippen LogP contribution in [0.3, 0.4) is 0 Å². The topological polar surface area (TPSA) is 98.5 Å². The molecule has 1 fully saturated rings. The first-order valence-electron chi connectivity index (χ1n) is 10.6. The van der Waals surface area contributed by atoms with Crippen LogP contribution in [0, 0.1) is 0 Å². The van der Waals surface area contributed by atoms with E-state index in [9.17, 15) is 4.79 Å². The molecule has 0 spiro atoms. The molecule has 1 aliphatic heterocycles. The van der Waals surface area contributed by atoms with Crippen molar-refractivity contribution >= 4 is 22.9 Å². The number of carbonyl (C=O) groups excluding carboxylic acids is 1. The Bertz CT molecular complexity index is 1240. The van der Waals surface area contributed by atoms with Gasteiger partial charge in [-0.05, 0) is 36.4 Å². The molecule has 0 bridgehead atoms. The van der Waals surface area contributed by atoms with Crippen LogP contribution < -0.4 is 14.4 Å². The number of rotatable bonds is 6. The van der Waals surface area contributed by atoms with Gasteiger partial charge in [-0.25, -0.2) is 9.97 Å². The van der Waals surface area contributed by atoms with Crippen LogP contribution in [-0.4, -0.2) is 75.7 Å². The summed E-state index contributed by atoms with van der Waals surface area (Å²) in [5, 5.41) is 8.61. The minimum Gasteiger partial charge on any atom is -0.497 e. The highest BCUT2D eigenvalue weighted by Crippen LogP contribution is 2.23. The van der Waals surface area contributed by atoms with Crippen molar-refractivity contribution in [2.75, 3.05) is 44.8 Å². The van der Waals surface area contributed by atoms with Gasteiger partial charge in [0, 0.05) is 26.2 Å². The SMILES string of the molecule is COc1ccc(OCC(=O)N2CCN(c3ncnc4c3nnn4-c3ccccc3)CC2)cc1. The number of methoxy groups -OCH3 is 1. The number of amides is 1. The molecule has 0 N–H and O–H groups in total. The first-order chi connectivity index (χ1) is 16.2. The van der Waals surface area contributed by atoms with E-state index in [0.29, 0.717) is 43.1 Å². The van der Waals surface area contributed by atoms with Crippen molar-refractivity contribution in [3.63, 3.8) is 0 Å². The van der Waals surface area contributed by atoms with Gasteiger partial charge < -0.3 is 19.3 Å².